The van der Waals surface area contributed by atoms with Crippen LogP contribution < -0.4 is 0 Å². The van der Waals surface area contributed by atoms with Gasteiger partial charge in [0.2, 0.25) is 0 Å². The van der Waals surface area contributed by atoms with Gasteiger partial charge in [0, 0.05) is 13.0 Å². The summed E-state index contributed by atoms with van der Waals surface area (Å²) in [4.78, 5) is 39.0. The Balaban J connectivity index is 1.77. The molecule has 0 amide bonds. The number of aliphatic carboxylic acids is 2. The molecule has 0 bridgehead atoms. The normalized spacial score (nSPS) is 22.6. The third-order valence-electron chi connectivity index (χ3n) is 6.56. The molecule has 1 fully saturated rings. The molecule has 2 N–H and O–H groups in total. The van der Waals surface area contributed by atoms with E-state index in [1.165, 1.54) is 0 Å². The van der Waals surface area contributed by atoms with Gasteiger partial charge in [-0.1, -0.05) is 66.7 Å². The number of allylic oxidation sites excluding steroid dienone is 2. The summed E-state index contributed by atoms with van der Waals surface area (Å²) in [5, 5.41) is 19.4. The van der Waals surface area contributed by atoms with Crippen molar-refractivity contribution in [2.45, 2.75) is 25.8 Å². The summed E-state index contributed by atoms with van der Waals surface area (Å²) in [6, 6.07) is 19.7. The molecule has 0 spiro atoms. The summed E-state index contributed by atoms with van der Waals surface area (Å²) in [6.07, 6.45) is 1.62. The van der Waals surface area contributed by atoms with Crippen LogP contribution in [-0.2, 0) is 14.4 Å². The molecule has 6 heteroatoms. The number of hydrogen-bond acceptors (Lipinski definition) is 4. The van der Waals surface area contributed by atoms with Crippen molar-refractivity contribution in [3.8, 4) is 0 Å². The maximum absolute atomic E-state index is 13.2. The lowest BCUT2D eigenvalue weighted by Crippen LogP contribution is -2.36. The predicted octanol–water partition coefficient (Wildman–Crippen LogP) is 3.85. The first-order valence-corrected chi connectivity index (χ1v) is 10.6. The average Bonchev–Trinajstić information content (AvgIpc) is 3.19. The number of rotatable bonds is 5. The Hall–Kier alpha value is -3.51. The zero-order valence-electron chi connectivity index (χ0n) is 17.8. The first kappa shape index (κ1) is 21.7. The quantitative estimate of drug-likeness (QED) is 0.699. The Morgan fingerprint density at radius 1 is 0.906 bits per heavy atom. The van der Waals surface area contributed by atoms with E-state index in [2.05, 4.69) is 4.90 Å². The Labute approximate surface area is 186 Å². The predicted molar refractivity (Wildman–Crippen MR) is 119 cm³/mol. The fraction of sp³-hybridized carbons (Fsp3) is 0.269. The van der Waals surface area contributed by atoms with E-state index in [0.29, 0.717) is 23.3 Å². The van der Waals surface area contributed by atoms with Crippen LogP contribution in [0, 0.1) is 5.41 Å². The number of fused-ring (bicyclic) bond motifs is 1. The van der Waals surface area contributed by atoms with Crippen LogP contribution in [0.3, 0.4) is 0 Å². The van der Waals surface area contributed by atoms with Gasteiger partial charge in [-0.25, -0.2) is 0 Å². The lowest BCUT2D eigenvalue weighted by molar-refractivity contribution is -0.163. The number of carboxylic acids is 2. The average molecular weight is 431 g/mol. The van der Waals surface area contributed by atoms with Crippen LogP contribution in [-0.4, -0.2) is 45.9 Å². The summed E-state index contributed by atoms with van der Waals surface area (Å²) in [5.74, 6) is -2.85. The highest BCUT2D eigenvalue weighted by Gasteiger charge is 2.53. The van der Waals surface area contributed by atoms with Crippen LogP contribution in [0.25, 0.3) is 0 Å². The monoisotopic (exact) mass is 431 g/mol. The third kappa shape index (κ3) is 3.78. The number of hydrogen-bond donors (Lipinski definition) is 2. The first-order chi connectivity index (χ1) is 15.3. The highest BCUT2D eigenvalue weighted by atomic mass is 16.4. The molecule has 1 aliphatic heterocycles. The summed E-state index contributed by atoms with van der Waals surface area (Å²) < 4.78 is 0. The highest BCUT2D eigenvalue weighted by molar-refractivity contribution is 6.03. The molecule has 2 aromatic carbocycles. The summed E-state index contributed by atoms with van der Waals surface area (Å²) in [6.45, 7) is 2.23. The minimum Gasteiger partial charge on any atom is -0.480 e. The molecule has 1 saturated carbocycles. The van der Waals surface area contributed by atoms with E-state index in [1.54, 1.807) is 6.92 Å². The van der Waals surface area contributed by atoms with Gasteiger partial charge in [0.15, 0.2) is 11.2 Å². The second-order valence-electron chi connectivity index (χ2n) is 8.46. The standard InChI is InChI=1S/C26H25NO5/c1-17-21-15-26(24(29)30,25(31)32)14-20(21)12-13-27(16-22(17)28)23(18-8-4-2-5-9-18)19-10-6-3-7-11-19/h2-12,23H,13-16H2,1H3,(H,29,30)(H,31,32)/b20-12-,21-17-. The van der Waals surface area contributed by atoms with Gasteiger partial charge in [0.05, 0.1) is 12.6 Å². The van der Waals surface area contributed by atoms with Gasteiger partial charge in [-0.3, -0.25) is 19.3 Å². The van der Waals surface area contributed by atoms with E-state index in [-0.39, 0.29) is 31.2 Å². The summed E-state index contributed by atoms with van der Waals surface area (Å²) in [7, 11) is 0. The van der Waals surface area contributed by atoms with Crippen molar-refractivity contribution in [1.29, 1.82) is 0 Å². The zero-order chi connectivity index (χ0) is 22.9. The van der Waals surface area contributed by atoms with Crippen molar-refractivity contribution < 1.29 is 24.6 Å². The number of carbonyl (C=O) groups is 3. The van der Waals surface area contributed by atoms with Crippen molar-refractivity contribution in [2.75, 3.05) is 13.1 Å². The third-order valence-corrected chi connectivity index (χ3v) is 6.56. The van der Waals surface area contributed by atoms with Crippen molar-refractivity contribution in [1.82, 2.24) is 4.90 Å². The van der Waals surface area contributed by atoms with Gasteiger partial charge < -0.3 is 10.2 Å². The van der Waals surface area contributed by atoms with Crippen molar-refractivity contribution >= 4 is 17.7 Å². The molecular formula is C26H25NO5. The lowest BCUT2D eigenvalue weighted by Gasteiger charge is -2.32. The SMILES string of the molecule is C/C1=C2\CC(C(=O)O)(C(=O)O)C\C2=C\CN(C(c2ccccc2)c2ccccc2)CC1=O. The van der Waals surface area contributed by atoms with Crippen LogP contribution in [0.1, 0.15) is 36.9 Å². The number of benzene rings is 2. The topological polar surface area (TPSA) is 94.9 Å². The van der Waals surface area contributed by atoms with Crippen LogP contribution in [0.15, 0.2) is 83.5 Å². The van der Waals surface area contributed by atoms with E-state index < -0.39 is 17.4 Å². The maximum atomic E-state index is 13.2. The molecule has 0 unspecified atom stereocenters. The molecule has 0 radical (unpaired) electrons. The smallest absolute Gasteiger partial charge is 0.321 e. The number of Topliss-reactive ketones (excluding diaryl/α,β-unsaturated/α-hetero) is 1. The van der Waals surface area contributed by atoms with Gasteiger partial charge >= 0.3 is 11.9 Å². The molecule has 0 aromatic heterocycles. The van der Waals surface area contributed by atoms with E-state index in [4.69, 9.17) is 0 Å². The van der Waals surface area contributed by atoms with Gasteiger partial charge in [0.25, 0.3) is 0 Å². The molecule has 0 saturated heterocycles. The number of nitrogens with zero attached hydrogens (tertiary/aromatic N) is 1. The molecule has 0 atom stereocenters. The molecular weight excluding hydrogens is 406 g/mol. The van der Waals surface area contributed by atoms with Crippen LogP contribution in [0.4, 0.5) is 0 Å². The van der Waals surface area contributed by atoms with Crippen LogP contribution >= 0.6 is 0 Å². The summed E-state index contributed by atoms with van der Waals surface area (Å²) >= 11 is 0. The van der Waals surface area contributed by atoms with E-state index in [9.17, 15) is 24.6 Å². The van der Waals surface area contributed by atoms with Gasteiger partial charge in [0.1, 0.15) is 0 Å². The highest BCUT2D eigenvalue weighted by Crippen LogP contribution is 2.47. The van der Waals surface area contributed by atoms with Crippen molar-refractivity contribution in [2.24, 2.45) is 5.41 Å². The van der Waals surface area contributed by atoms with Crippen LogP contribution in [0.5, 0.6) is 0 Å². The Morgan fingerprint density at radius 3 is 1.94 bits per heavy atom. The second-order valence-corrected chi connectivity index (χ2v) is 8.46. The van der Waals surface area contributed by atoms with Crippen molar-refractivity contribution in [3.63, 3.8) is 0 Å². The van der Waals surface area contributed by atoms with E-state index in [1.807, 2.05) is 66.7 Å². The maximum Gasteiger partial charge on any atom is 0.321 e. The van der Waals surface area contributed by atoms with E-state index >= 15 is 0 Å². The van der Waals surface area contributed by atoms with Crippen molar-refractivity contribution in [3.05, 3.63) is 94.6 Å². The fourth-order valence-corrected chi connectivity index (χ4v) is 4.72. The molecule has 32 heavy (non-hydrogen) atoms. The number of carboxylic acid groups (broad SMARTS) is 2. The zero-order valence-corrected chi connectivity index (χ0v) is 17.8. The van der Waals surface area contributed by atoms with Gasteiger partial charge in [-0.15, -0.1) is 0 Å². The molecule has 164 valence electrons. The number of ketones is 1. The Kier molecular flexibility index (Phi) is 5.80. The molecule has 2 aliphatic rings. The largest absolute Gasteiger partial charge is 0.480 e. The second kappa shape index (κ2) is 8.55. The lowest BCUT2D eigenvalue weighted by atomic mass is 9.85. The Bertz CT molecular complexity index is 1060. The molecule has 1 heterocycles. The van der Waals surface area contributed by atoms with Gasteiger partial charge in [-0.05, 0) is 41.2 Å². The first-order valence-electron chi connectivity index (χ1n) is 10.6. The molecule has 6 nitrogen and oxygen atoms in total. The van der Waals surface area contributed by atoms with Crippen LogP contribution in [0.2, 0.25) is 0 Å². The minimum atomic E-state index is -1.92. The Morgan fingerprint density at radius 2 is 1.44 bits per heavy atom. The molecule has 4 rings (SSSR count). The van der Waals surface area contributed by atoms with E-state index in [0.717, 1.165) is 11.1 Å². The fourth-order valence-electron chi connectivity index (χ4n) is 4.72. The summed E-state index contributed by atoms with van der Waals surface area (Å²) in [5.41, 5.74) is 1.83. The number of carbonyl (C=O) groups excluding carboxylic acids is 1. The molecule has 1 aliphatic carbocycles. The minimum absolute atomic E-state index is 0.117. The molecule has 2 aromatic rings. The van der Waals surface area contributed by atoms with Gasteiger partial charge in [-0.2, -0.15) is 0 Å².